The monoisotopic (exact) mass is 449 g/mol. The molecule has 34 heavy (non-hydrogen) atoms. The summed E-state index contributed by atoms with van der Waals surface area (Å²) in [7, 11) is 0. The number of hydrogen-bond donors (Lipinski definition) is 0. The third kappa shape index (κ3) is 5.74. The lowest BCUT2D eigenvalue weighted by Crippen LogP contribution is -2.33. The molecule has 172 valence electrons. The van der Waals surface area contributed by atoms with Crippen LogP contribution < -0.4 is 4.74 Å². The van der Waals surface area contributed by atoms with Gasteiger partial charge in [-0.25, -0.2) is 0 Å². The summed E-state index contributed by atoms with van der Waals surface area (Å²) in [5.41, 5.74) is 6.37. The van der Waals surface area contributed by atoms with E-state index in [2.05, 4.69) is 95.9 Å². The second-order valence-corrected chi connectivity index (χ2v) is 8.80. The van der Waals surface area contributed by atoms with Crippen molar-refractivity contribution < 1.29 is 9.47 Å². The van der Waals surface area contributed by atoms with Gasteiger partial charge in [0, 0.05) is 19.6 Å². The Labute approximate surface area is 202 Å². The molecule has 0 radical (unpaired) electrons. The molecule has 4 aromatic carbocycles. The lowest BCUT2D eigenvalue weighted by Gasteiger charge is -2.29. The number of fused-ring (bicyclic) bond motifs is 1. The summed E-state index contributed by atoms with van der Waals surface area (Å²) in [5, 5.41) is 0. The lowest BCUT2D eigenvalue weighted by atomic mass is 9.99. The SMILES string of the molecule is c1ccc(COc2ccc3c(c2)CCN(CCOC(c2ccccc2)c2ccccc2)C3)cc1. The zero-order valence-corrected chi connectivity index (χ0v) is 19.5. The van der Waals surface area contributed by atoms with E-state index in [0.29, 0.717) is 13.2 Å². The molecule has 0 aliphatic carbocycles. The zero-order valence-electron chi connectivity index (χ0n) is 19.5. The first-order valence-corrected chi connectivity index (χ1v) is 12.1. The Hall–Kier alpha value is -3.40. The molecule has 3 nitrogen and oxygen atoms in total. The van der Waals surface area contributed by atoms with E-state index in [9.17, 15) is 0 Å². The third-order valence-corrected chi connectivity index (χ3v) is 6.41. The van der Waals surface area contributed by atoms with E-state index in [1.807, 2.05) is 18.2 Å². The van der Waals surface area contributed by atoms with Crippen molar-refractivity contribution in [3.8, 4) is 5.75 Å². The standard InChI is InChI=1S/C31H31NO2/c1-4-10-25(11-5-1)24-34-30-17-16-29-23-32(19-18-28(29)22-30)20-21-33-31(26-12-6-2-7-13-26)27-14-8-3-9-15-27/h1-17,22,31H,18-21,23-24H2. The summed E-state index contributed by atoms with van der Waals surface area (Å²) in [6.45, 7) is 4.22. The third-order valence-electron chi connectivity index (χ3n) is 6.41. The van der Waals surface area contributed by atoms with Gasteiger partial charge >= 0.3 is 0 Å². The van der Waals surface area contributed by atoms with Gasteiger partial charge in [0.15, 0.2) is 0 Å². The summed E-state index contributed by atoms with van der Waals surface area (Å²) >= 11 is 0. The van der Waals surface area contributed by atoms with Crippen LogP contribution >= 0.6 is 0 Å². The maximum Gasteiger partial charge on any atom is 0.120 e. The molecule has 0 spiro atoms. The Morgan fingerprint density at radius 2 is 1.35 bits per heavy atom. The summed E-state index contributed by atoms with van der Waals surface area (Å²) in [6.07, 6.45) is 1.00. The molecule has 0 atom stereocenters. The number of ether oxygens (including phenoxy) is 2. The average Bonchev–Trinajstić information content (AvgIpc) is 2.91. The summed E-state index contributed by atoms with van der Waals surface area (Å²) in [6, 6.07) is 37.8. The van der Waals surface area contributed by atoms with Gasteiger partial charge in [0.2, 0.25) is 0 Å². The predicted molar refractivity (Wildman–Crippen MR) is 137 cm³/mol. The van der Waals surface area contributed by atoms with E-state index in [1.54, 1.807) is 0 Å². The molecular weight excluding hydrogens is 418 g/mol. The minimum Gasteiger partial charge on any atom is -0.489 e. The van der Waals surface area contributed by atoms with Crippen molar-refractivity contribution in [2.75, 3.05) is 19.7 Å². The van der Waals surface area contributed by atoms with E-state index in [4.69, 9.17) is 9.47 Å². The molecule has 1 aliphatic rings. The quantitative estimate of drug-likeness (QED) is 0.294. The van der Waals surface area contributed by atoms with Gasteiger partial charge in [-0.05, 0) is 46.4 Å². The second-order valence-electron chi connectivity index (χ2n) is 8.80. The number of nitrogens with zero attached hydrogens (tertiary/aromatic N) is 1. The molecule has 0 N–H and O–H groups in total. The smallest absolute Gasteiger partial charge is 0.120 e. The van der Waals surface area contributed by atoms with E-state index >= 15 is 0 Å². The normalized spacial score (nSPS) is 13.6. The van der Waals surface area contributed by atoms with Crippen molar-refractivity contribution >= 4 is 0 Å². The van der Waals surface area contributed by atoms with Gasteiger partial charge in [-0.3, -0.25) is 4.90 Å². The van der Waals surface area contributed by atoms with Crippen molar-refractivity contribution in [1.29, 1.82) is 0 Å². The van der Waals surface area contributed by atoms with Crippen LogP contribution in [0.2, 0.25) is 0 Å². The first-order valence-electron chi connectivity index (χ1n) is 12.1. The highest BCUT2D eigenvalue weighted by Gasteiger charge is 2.19. The fourth-order valence-electron chi connectivity index (χ4n) is 4.55. The molecule has 1 aliphatic heterocycles. The fraction of sp³-hybridized carbons (Fsp3) is 0.226. The van der Waals surface area contributed by atoms with E-state index in [-0.39, 0.29) is 6.10 Å². The van der Waals surface area contributed by atoms with Crippen LogP contribution in [0.4, 0.5) is 0 Å². The molecule has 4 aromatic rings. The highest BCUT2D eigenvalue weighted by Crippen LogP contribution is 2.27. The Morgan fingerprint density at radius 3 is 2.03 bits per heavy atom. The van der Waals surface area contributed by atoms with Crippen LogP contribution in [0.15, 0.2) is 109 Å². The van der Waals surface area contributed by atoms with Crippen LogP contribution in [0.5, 0.6) is 5.75 Å². The van der Waals surface area contributed by atoms with E-state index < -0.39 is 0 Å². The minimum absolute atomic E-state index is 0.0381. The number of rotatable bonds is 9. The topological polar surface area (TPSA) is 21.7 Å². The van der Waals surface area contributed by atoms with Crippen molar-refractivity contribution in [3.63, 3.8) is 0 Å². The predicted octanol–water partition coefficient (Wildman–Crippen LogP) is 6.43. The lowest BCUT2D eigenvalue weighted by molar-refractivity contribution is 0.0570. The van der Waals surface area contributed by atoms with Crippen molar-refractivity contribution in [3.05, 3.63) is 137 Å². The zero-order chi connectivity index (χ0) is 23.0. The molecule has 0 aromatic heterocycles. The van der Waals surface area contributed by atoms with E-state index in [0.717, 1.165) is 31.8 Å². The fourth-order valence-corrected chi connectivity index (χ4v) is 4.55. The second kappa shape index (κ2) is 11.1. The van der Waals surface area contributed by atoms with Crippen LogP contribution in [0.1, 0.15) is 33.9 Å². The van der Waals surface area contributed by atoms with Gasteiger partial charge < -0.3 is 9.47 Å². The molecule has 0 bridgehead atoms. The van der Waals surface area contributed by atoms with Gasteiger partial charge in [0.1, 0.15) is 18.5 Å². The van der Waals surface area contributed by atoms with Crippen molar-refractivity contribution in [2.24, 2.45) is 0 Å². The van der Waals surface area contributed by atoms with Crippen LogP contribution in [-0.2, 0) is 24.3 Å². The summed E-state index contributed by atoms with van der Waals surface area (Å²) < 4.78 is 12.5. The Morgan fingerprint density at radius 1 is 0.706 bits per heavy atom. The van der Waals surface area contributed by atoms with Crippen LogP contribution in [0.3, 0.4) is 0 Å². The van der Waals surface area contributed by atoms with Gasteiger partial charge in [-0.2, -0.15) is 0 Å². The molecule has 0 fully saturated rings. The van der Waals surface area contributed by atoms with Crippen molar-refractivity contribution in [1.82, 2.24) is 4.90 Å². The molecular formula is C31H31NO2. The first-order chi connectivity index (χ1) is 16.8. The Kier molecular flexibility index (Phi) is 7.34. The molecule has 0 saturated heterocycles. The van der Waals surface area contributed by atoms with Gasteiger partial charge in [0.05, 0.1) is 6.61 Å². The molecule has 3 heteroatoms. The maximum absolute atomic E-state index is 6.44. The van der Waals surface area contributed by atoms with E-state index in [1.165, 1.54) is 27.8 Å². The van der Waals surface area contributed by atoms with Gasteiger partial charge in [-0.15, -0.1) is 0 Å². The first kappa shape index (κ1) is 22.4. The molecule has 1 heterocycles. The molecule has 0 saturated carbocycles. The molecule has 5 rings (SSSR count). The summed E-state index contributed by atoms with van der Waals surface area (Å²) in [5.74, 6) is 0.952. The largest absolute Gasteiger partial charge is 0.489 e. The highest BCUT2D eigenvalue weighted by molar-refractivity contribution is 5.37. The van der Waals surface area contributed by atoms with Crippen LogP contribution in [-0.4, -0.2) is 24.6 Å². The highest BCUT2D eigenvalue weighted by atomic mass is 16.5. The van der Waals surface area contributed by atoms with Crippen molar-refractivity contribution in [2.45, 2.75) is 25.7 Å². The minimum atomic E-state index is -0.0381. The maximum atomic E-state index is 6.44. The average molecular weight is 450 g/mol. The Bertz CT molecular complexity index is 1120. The molecule has 0 amide bonds. The van der Waals surface area contributed by atoms with Crippen LogP contribution in [0.25, 0.3) is 0 Å². The number of benzene rings is 4. The molecule has 0 unspecified atom stereocenters. The summed E-state index contributed by atoms with van der Waals surface area (Å²) in [4.78, 5) is 2.49. The van der Waals surface area contributed by atoms with Gasteiger partial charge in [0.25, 0.3) is 0 Å². The van der Waals surface area contributed by atoms with Gasteiger partial charge in [-0.1, -0.05) is 97.1 Å². The number of hydrogen-bond acceptors (Lipinski definition) is 3. The Balaban J connectivity index is 1.16. The van der Waals surface area contributed by atoms with Crippen LogP contribution in [0, 0.1) is 0 Å².